The Labute approximate surface area is 141 Å². The van der Waals surface area contributed by atoms with Crippen LogP contribution in [0.1, 0.15) is 46.2 Å². The van der Waals surface area contributed by atoms with Crippen molar-refractivity contribution in [2.45, 2.75) is 45.4 Å². The SMILES string of the molecule is CCOc1cccc([C@H](C)NC(=O)NCC[S@](=O)C(C)(C)C)c1. The van der Waals surface area contributed by atoms with Crippen LogP contribution in [0.5, 0.6) is 5.75 Å². The molecule has 0 saturated heterocycles. The van der Waals surface area contributed by atoms with E-state index in [1.54, 1.807) is 0 Å². The van der Waals surface area contributed by atoms with Crippen molar-refractivity contribution in [1.29, 1.82) is 0 Å². The summed E-state index contributed by atoms with van der Waals surface area (Å²) in [6.45, 7) is 10.6. The van der Waals surface area contributed by atoms with Crippen molar-refractivity contribution in [1.82, 2.24) is 10.6 Å². The molecule has 0 fully saturated rings. The second kappa shape index (κ2) is 8.91. The van der Waals surface area contributed by atoms with E-state index in [4.69, 9.17) is 4.74 Å². The van der Waals surface area contributed by atoms with Gasteiger partial charge in [-0.1, -0.05) is 12.1 Å². The Morgan fingerprint density at radius 3 is 2.65 bits per heavy atom. The molecule has 1 aromatic rings. The van der Waals surface area contributed by atoms with Crippen molar-refractivity contribution in [3.63, 3.8) is 0 Å². The van der Waals surface area contributed by atoms with Gasteiger partial charge in [0.25, 0.3) is 0 Å². The first kappa shape index (κ1) is 19.5. The number of carbonyl (C=O) groups is 1. The number of hydrogen-bond acceptors (Lipinski definition) is 3. The average molecular weight is 340 g/mol. The van der Waals surface area contributed by atoms with Crippen LogP contribution in [0.25, 0.3) is 0 Å². The largest absolute Gasteiger partial charge is 0.494 e. The van der Waals surface area contributed by atoms with Gasteiger partial charge in [0.1, 0.15) is 5.75 Å². The summed E-state index contributed by atoms with van der Waals surface area (Å²) in [6.07, 6.45) is 0. The van der Waals surface area contributed by atoms with Crippen LogP contribution in [-0.4, -0.2) is 33.9 Å². The Kier molecular flexibility index (Phi) is 7.55. The molecule has 0 heterocycles. The highest BCUT2D eigenvalue weighted by Crippen LogP contribution is 2.19. The Balaban J connectivity index is 2.45. The van der Waals surface area contributed by atoms with Gasteiger partial charge in [-0.25, -0.2) is 4.79 Å². The number of urea groups is 1. The molecule has 0 aliphatic rings. The average Bonchev–Trinajstić information content (AvgIpc) is 2.46. The second-order valence-corrected chi connectivity index (χ2v) is 8.61. The predicted molar refractivity (Wildman–Crippen MR) is 95.3 cm³/mol. The summed E-state index contributed by atoms with van der Waals surface area (Å²) < 4.78 is 17.1. The van der Waals surface area contributed by atoms with Crippen LogP contribution < -0.4 is 15.4 Å². The molecule has 2 atom stereocenters. The van der Waals surface area contributed by atoms with Crippen molar-refractivity contribution in [3.05, 3.63) is 29.8 Å². The molecule has 5 nitrogen and oxygen atoms in total. The standard InChI is InChI=1S/C17H28N2O3S/c1-6-22-15-9-7-8-14(12-15)13(2)19-16(20)18-10-11-23(21)17(3,4)5/h7-9,12-13H,6,10-11H2,1-5H3,(H2,18,19,20)/t13-,23-/m0/s1. The fraction of sp³-hybridized carbons (Fsp3) is 0.588. The van der Waals surface area contributed by atoms with E-state index in [2.05, 4.69) is 10.6 Å². The first-order valence-corrected chi connectivity index (χ1v) is 9.21. The number of rotatable bonds is 7. The summed E-state index contributed by atoms with van der Waals surface area (Å²) in [7, 11) is -0.967. The summed E-state index contributed by atoms with van der Waals surface area (Å²) in [5.41, 5.74) is 0.976. The van der Waals surface area contributed by atoms with E-state index in [1.165, 1.54) is 0 Å². The van der Waals surface area contributed by atoms with Crippen LogP contribution >= 0.6 is 0 Å². The number of ether oxygens (including phenoxy) is 1. The molecule has 2 amide bonds. The highest BCUT2D eigenvalue weighted by atomic mass is 32.2. The van der Waals surface area contributed by atoms with Gasteiger partial charge in [-0.2, -0.15) is 0 Å². The molecule has 0 unspecified atom stereocenters. The zero-order valence-electron chi connectivity index (χ0n) is 14.6. The van der Waals surface area contributed by atoms with Gasteiger partial charge in [0, 0.05) is 27.8 Å². The van der Waals surface area contributed by atoms with Gasteiger partial charge in [0.2, 0.25) is 0 Å². The lowest BCUT2D eigenvalue weighted by Gasteiger charge is -2.19. The zero-order chi connectivity index (χ0) is 17.5. The van der Waals surface area contributed by atoms with Crippen LogP contribution in [-0.2, 0) is 10.8 Å². The number of carbonyl (C=O) groups excluding carboxylic acids is 1. The maximum absolute atomic E-state index is 11.9. The number of benzene rings is 1. The van der Waals surface area contributed by atoms with Crippen LogP contribution in [0.4, 0.5) is 4.79 Å². The molecule has 0 aliphatic heterocycles. The lowest BCUT2D eigenvalue weighted by atomic mass is 10.1. The lowest BCUT2D eigenvalue weighted by Crippen LogP contribution is -2.40. The molecule has 0 spiro atoms. The first-order valence-electron chi connectivity index (χ1n) is 7.89. The normalized spacial score (nSPS) is 14.0. The Hall–Kier alpha value is -1.56. The molecule has 0 radical (unpaired) electrons. The van der Waals surface area contributed by atoms with Gasteiger partial charge in [0.05, 0.1) is 12.6 Å². The van der Waals surface area contributed by atoms with Crippen molar-refractivity contribution in [2.75, 3.05) is 18.9 Å². The number of amides is 2. The molecule has 6 heteroatoms. The third kappa shape index (κ3) is 7.03. The Bertz CT molecular complexity index is 541. The highest BCUT2D eigenvalue weighted by Gasteiger charge is 2.19. The summed E-state index contributed by atoms with van der Waals surface area (Å²) in [5, 5.41) is 5.63. The van der Waals surface area contributed by atoms with Crippen molar-refractivity contribution < 1.29 is 13.7 Å². The van der Waals surface area contributed by atoms with Gasteiger partial charge < -0.3 is 15.4 Å². The van der Waals surface area contributed by atoms with E-state index in [1.807, 2.05) is 58.9 Å². The van der Waals surface area contributed by atoms with Gasteiger partial charge in [-0.15, -0.1) is 0 Å². The predicted octanol–water partition coefficient (Wildman–Crippen LogP) is 2.99. The van der Waals surface area contributed by atoms with Gasteiger partial charge in [0.15, 0.2) is 0 Å². The molecular weight excluding hydrogens is 312 g/mol. The number of hydrogen-bond donors (Lipinski definition) is 2. The van der Waals surface area contributed by atoms with E-state index in [0.29, 0.717) is 18.9 Å². The minimum Gasteiger partial charge on any atom is -0.494 e. The van der Waals surface area contributed by atoms with Crippen molar-refractivity contribution >= 4 is 16.8 Å². The maximum atomic E-state index is 11.9. The zero-order valence-corrected chi connectivity index (χ0v) is 15.5. The van der Waals surface area contributed by atoms with E-state index in [9.17, 15) is 9.00 Å². The molecule has 0 aliphatic carbocycles. The summed E-state index contributed by atoms with van der Waals surface area (Å²) in [4.78, 5) is 11.9. The van der Waals surface area contributed by atoms with Gasteiger partial charge >= 0.3 is 6.03 Å². The quantitative estimate of drug-likeness (QED) is 0.802. The van der Waals surface area contributed by atoms with E-state index in [0.717, 1.165) is 11.3 Å². The highest BCUT2D eigenvalue weighted by molar-refractivity contribution is 7.86. The third-order valence-electron chi connectivity index (χ3n) is 3.27. The van der Waals surface area contributed by atoms with E-state index < -0.39 is 10.8 Å². The fourth-order valence-electron chi connectivity index (χ4n) is 1.93. The Morgan fingerprint density at radius 1 is 1.35 bits per heavy atom. The molecule has 1 rings (SSSR count). The van der Waals surface area contributed by atoms with E-state index in [-0.39, 0.29) is 16.8 Å². The van der Waals surface area contributed by atoms with Crippen LogP contribution in [0, 0.1) is 0 Å². The molecule has 0 bridgehead atoms. The fourth-order valence-corrected chi connectivity index (χ4v) is 2.83. The molecule has 1 aromatic carbocycles. The van der Waals surface area contributed by atoms with Crippen molar-refractivity contribution in [3.8, 4) is 5.75 Å². The third-order valence-corrected chi connectivity index (χ3v) is 5.21. The summed E-state index contributed by atoms with van der Waals surface area (Å²) in [5.74, 6) is 1.24. The monoisotopic (exact) mass is 340 g/mol. The molecule has 130 valence electrons. The molecule has 0 saturated carbocycles. The minimum absolute atomic E-state index is 0.136. The Morgan fingerprint density at radius 2 is 2.04 bits per heavy atom. The van der Waals surface area contributed by atoms with Crippen LogP contribution in [0.3, 0.4) is 0 Å². The maximum Gasteiger partial charge on any atom is 0.315 e. The first-order chi connectivity index (χ1) is 10.7. The summed E-state index contributed by atoms with van der Waals surface area (Å²) >= 11 is 0. The lowest BCUT2D eigenvalue weighted by molar-refractivity contribution is 0.238. The summed E-state index contributed by atoms with van der Waals surface area (Å²) in [6, 6.07) is 7.27. The van der Waals surface area contributed by atoms with Gasteiger partial charge in [-0.3, -0.25) is 4.21 Å². The topological polar surface area (TPSA) is 67.4 Å². The number of nitrogens with one attached hydrogen (secondary N) is 2. The smallest absolute Gasteiger partial charge is 0.315 e. The molecule has 0 aromatic heterocycles. The van der Waals surface area contributed by atoms with Crippen LogP contribution in [0.15, 0.2) is 24.3 Å². The minimum atomic E-state index is -0.967. The van der Waals surface area contributed by atoms with Crippen molar-refractivity contribution in [2.24, 2.45) is 0 Å². The van der Waals surface area contributed by atoms with Gasteiger partial charge in [-0.05, 0) is 52.3 Å². The molecule has 23 heavy (non-hydrogen) atoms. The molecular formula is C17H28N2O3S. The second-order valence-electron chi connectivity index (χ2n) is 6.29. The van der Waals surface area contributed by atoms with Crippen LogP contribution in [0.2, 0.25) is 0 Å². The molecule has 2 N–H and O–H groups in total. The van der Waals surface area contributed by atoms with E-state index >= 15 is 0 Å².